The number of benzene rings is 1. The van der Waals surface area contributed by atoms with Crippen LogP contribution in [0.4, 0.5) is 0 Å². The fraction of sp³-hybridized carbons (Fsp3) is 0.231. The summed E-state index contributed by atoms with van der Waals surface area (Å²) in [6.45, 7) is 0. The first kappa shape index (κ1) is 13.1. The lowest BCUT2D eigenvalue weighted by Gasteiger charge is -2.07. The summed E-state index contributed by atoms with van der Waals surface area (Å²) >= 11 is 0. The van der Waals surface area contributed by atoms with Gasteiger partial charge in [0.15, 0.2) is 5.69 Å². The molecule has 2 aromatic rings. The fourth-order valence-corrected chi connectivity index (χ4v) is 1.66. The topological polar surface area (TPSA) is 101 Å². The minimum Gasteiger partial charge on any atom is -0.508 e. The van der Waals surface area contributed by atoms with Gasteiger partial charge in [-0.1, -0.05) is 12.1 Å². The number of hydrogen-bond donors (Lipinski definition) is 3. The Balaban J connectivity index is 2.07. The summed E-state index contributed by atoms with van der Waals surface area (Å²) in [5.74, 6) is 0.203. The SMILES string of the molecule is CNC(=O)c1coc(C(N)Cc2ccc(O)cc2)n1. The molecule has 100 valence electrons. The number of hydrogen-bond acceptors (Lipinski definition) is 5. The Morgan fingerprint density at radius 1 is 1.47 bits per heavy atom. The van der Waals surface area contributed by atoms with E-state index in [0.29, 0.717) is 12.3 Å². The van der Waals surface area contributed by atoms with E-state index in [2.05, 4.69) is 10.3 Å². The maximum atomic E-state index is 11.3. The Morgan fingerprint density at radius 3 is 2.79 bits per heavy atom. The van der Waals surface area contributed by atoms with Gasteiger partial charge >= 0.3 is 0 Å². The molecule has 1 unspecified atom stereocenters. The van der Waals surface area contributed by atoms with Crippen LogP contribution in [0.2, 0.25) is 0 Å². The molecule has 1 heterocycles. The molecule has 0 fully saturated rings. The molecule has 0 bridgehead atoms. The monoisotopic (exact) mass is 261 g/mol. The van der Waals surface area contributed by atoms with Gasteiger partial charge in [0.1, 0.15) is 12.0 Å². The number of amides is 1. The highest BCUT2D eigenvalue weighted by molar-refractivity contribution is 5.91. The number of carbonyl (C=O) groups excluding carboxylic acids is 1. The van der Waals surface area contributed by atoms with Gasteiger partial charge < -0.3 is 20.6 Å². The molecule has 2 rings (SSSR count). The molecule has 0 radical (unpaired) electrons. The summed E-state index contributed by atoms with van der Waals surface area (Å²) < 4.78 is 5.20. The van der Waals surface area contributed by atoms with Crippen LogP contribution in [0.15, 0.2) is 34.9 Å². The largest absolute Gasteiger partial charge is 0.508 e. The molecule has 4 N–H and O–H groups in total. The second kappa shape index (κ2) is 5.53. The molecule has 0 aliphatic carbocycles. The van der Waals surface area contributed by atoms with Crippen LogP contribution < -0.4 is 11.1 Å². The van der Waals surface area contributed by atoms with E-state index in [-0.39, 0.29) is 17.4 Å². The molecule has 1 amide bonds. The fourth-order valence-electron chi connectivity index (χ4n) is 1.66. The number of nitrogens with one attached hydrogen (secondary N) is 1. The number of phenolic OH excluding ortho intramolecular Hbond substituents is 1. The van der Waals surface area contributed by atoms with Crippen LogP contribution in [-0.4, -0.2) is 23.0 Å². The first-order valence-corrected chi connectivity index (χ1v) is 5.81. The molecular weight excluding hydrogens is 246 g/mol. The molecule has 0 aliphatic heterocycles. The zero-order valence-corrected chi connectivity index (χ0v) is 10.5. The number of nitrogens with zero attached hydrogens (tertiary/aromatic N) is 1. The number of aromatic hydroxyl groups is 1. The molecule has 1 atom stereocenters. The molecule has 0 spiro atoms. The molecule has 19 heavy (non-hydrogen) atoms. The minimum atomic E-state index is -0.442. The third-order valence-electron chi connectivity index (χ3n) is 2.69. The van der Waals surface area contributed by atoms with E-state index in [9.17, 15) is 9.90 Å². The first-order valence-electron chi connectivity index (χ1n) is 5.81. The maximum absolute atomic E-state index is 11.3. The van der Waals surface area contributed by atoms with Crippen LogP contribution in [0.1, 0.15) is 28.0 Å². The lowest BCUT2D eigenvalue weighted by Crippen LogP contribution is -2.19. The standard InChI is InChI=1S/C13H15N3O3/c1-15-12(18)11-7-19-13(16-11)10(14)6-8-2-4-9(17)5-3-8/h2-5,7,10,17H,6,14H2,1H3,(H,15,18). The van der Waals surface area contributed by atoms with Crippen LogP contribution in [0, 0.1) is 0 Å². The zero-order valence-electron chi connectivity index (χ0n) is 10.5. The molecule has 0 saturated heterocycles. The van der Waals surface area contributed by atoms with E-state index in [0.717, 1.165) is 5.56 Å². The number of carbonyl (C=O) groups is 1. The van der Waals surface area contributed by atoms with Crippen LogP contribution >= 0.6 is 0 Å². The number of phenols is 1. The smallest absolute Gasteiger partial charge is 0.272 e. The van der Waals surface area contributed by atoms with Crippen molar-refractivity contribution in [3.63, 3.8) is 0 Å². The molecular formula is C13H15N3O3. The van der Waals surface area contributed by atoms with Crippen molar-refractivity contribution in [2.75, 3.05) is 7.05 Å². The van der Waals surface area contributed by atoms with Gasteiger partial charge in [0.25, 0.3) is 5.91 Å². The summed E-state index contributed by atoms with van der Waals surface area (Å²) in [4.78, 5) is 15.4. The summed E-state index contributed by atoms with van der Waals surface area (Å²) in [7, 11) is 1.52. The third-order valence-corrected chi connectivity index (χ3v) is 2.69. The van der Waals surface area contributed by atoms with Gasteiger partial charge in [-0.3, -0.25) is 4.79 Å². The second-order valence-corrected chi connectivity index (χ2v) is 4.13. The van der Waals surface area contributed by atoms with Gasteiger partial charge in [0.2, 0.25) is 5.89 Å². The number of aromatic nitrogens is 1. The lowest BCUT2D eigenvalue weighted by molar-refractivity contribution is 0.0958. The minimum absolute atomic E-state index is 0.204. The summed E-state index contributed by atoms with van der Waals surface area (Å²) in [6, 6.07) is 6.29. The summed E-state index contributed by atoms with van der Waals surface area (Å²) in [6.07, 6.45) is 1.79. The van der Waals surface area contributed by atoms with Crippen LogP contribution in [-0.2, 0) is 6.42 Å². The Morgan fingerprint density at radius 2 is 2.16 bits per heavy atom. The summed E-state index contributed by atoms with van der Waals surface area (Å²) in [5, 5.41) is 11.7. The van der Waals surface area contributed by atoms with Gasteiger partial charge in [0, 0.05) is 7.05 Å². The highest BCUT2D eigenvalue weighted by atomic mass is 16.3. The molecule has 0 aliphatic rings. The predicted octanol–water partition coefficient (Wildman–Crippen LogP) is 0.982. The van der Waals surface area contributed by atoms with E-state index in [1.54, 1.807) is 24.3 Å². The van der Waals surface area contributed by atoms with Gasteiger partial charge in [-0.05, 0) is 24.1 Å². The van der Waals surface area contributed by atoms with Gasteiger partial charge in [-0.2, -0.15) is 0 Å². The Bertz CT molecular complexity index is 563. The van der Waals surface area contributed by atoms with Crippen LogP contribution in [0.3, 0.4) is 0 Å². The summed E-state index contributed by atoms with van der Waals surface area (Å²) in [5.41, 5.74) is 7.13. The Labute approximate surface area is 110 Å². The van der Waals surface area contributed by atoms with Gasteiger partial charge in [-0.15, -0.1) is 0 Å². The molecule has 0 saturated carbocycles. The Kier molecular flexibility index (Phi) is 3.82. The van der Waals surface area contributed by atoms with Gasteiger partial charge in [0.05, 0.1) is 6.04 Å². The van der Waals surface area contributed by atoms with Crippen molar-refractivity contribution >= 4 is 5.91 Å². The average Bonchev–Trinajstić information content (AvgIpc) is 2.90. The van der Waals surface area contributed by atoms with Crippen molar-refractivity contribution in [2.24, 2.45) is 5.73 Å². The third kappa shape index (κ3) is 3.11. The predicted molar refractivity (Wildman–Crippen MR) is 68.6 cm³/mol. The second-order valence-electron chi connectivity index (χ2n) is 4.13. The van der Waals surface area contributed by atoms with E-state index in [1.165, 1.54) is 13.3 Å². The zero-order chi connectivity index (χ0) is 13.8. The molecule has 6 heteroatoms. The van der Waals surface area contributed by atoms with E-state index in [1.807, 2.05) is 0 Å². The number of rotatable bonds is 4. The van der Waals surface area contributed by atoms with Crippen molar-refractivity contribution in [3.8, 4) is 5.75 Å². The average molecular weight is 261 g/mol. The highest BCUT2D eigenvalue weighted by Crippen LogP contribution is 2.17. The van der Waals surface area contributed by atoms with E-state index < -0.39 is 6.04 Å². The van der Waals surface area contributed by atoms with Crippen molar-refractivity contribution in [1.82, 2.24) is 10.3 Å². The quantitative estimate of drug-likeness (QED) is 0.761. The molecule has 1 aromatic carbocycles. The van der Waals surface area contributed by atoms with E-state index in [4.69, 9.17) is 10.2 Å². The first-order chi connectivity index (χ1) is 9.10. The van der Waals surface area contributed by atoms with Crippen LogP contribution in [0.25, 0.3) is 0 Å². The Hall–Kier alpha value is -2.34. The highest BCUT2D eigenvalue weighted by Gasteiger charge is 2.16. The van der Waals surface area contributed by atoms with Crippen molar-refractivity contribution < 1.29 is 14.3 Å². The molecule has 6 nitrogen and oxygen atoms in total. The van der Waals surface area contributed by atoms with E-state index >= 15 is 0 Å². The normalized spacial score (nSPS) is 12.1. The maximum Gasteiger partial charge on any atom is 0.272 e. The van der Waals surface area contributed by atoms with Gasteiger partial charge in [-0.25, -0.2) is 4.98 Å². The van der Waals surface area contributed by atoms with Crippen molar-refractivity contribution in [3.05, 3.63) is 47.7 Å². The molecule has 1 aromatic heterocycles. The lowest BCUT2D eigenvalue weighted by atomic mass is 10.1. The van der Waals surface area contributed by atoms with Crippen LogP contribution in [0.5, 0.6) is 5.75 Å². The van der Waals surface area contributed by atoms with Crippen molar-refractivity contribution in [2.45, 2.75) is 12.5 Å². The van der Waals surface area contributed by atoms with Crippen molar-refractivity contribution in [1.29, 1.82) is 0 Å². The number of nitrogens with two attached hydrogens (primary N) is 1. The number of oxazole rings is 1.